The summed E-state index contributed by atoms with van der Waals surface area (Å²) in [5.41, 5.74) is 5.47. The molecule has 8 rings (SSSR count). The first kappa shape index (κ1) is 25.1. The van der Waals surface area contributed by atoms with Crippen molar-refractivity contribution in [2.75, 3.05) is 0 Å². The number of hydrogen-bond acceptors (Lipinski definition) is 2. The average molecular weight is 677 g/mol. The van der Waals surface area contributed by atoms with Crippen molar-refractivity contribution in [2.45, 2.75) is 13.8 Å². The minimum absolute atomic E-state index is 0. The van der Waals surface area contributed by atoms with Gasteiger partial charge in [0.1, 0.15) is 0 Å². The van der Waals surface area contributed by atoms with Crippen LogP contribution in [0.2, 0.25) is 0 Å². The Kier molecular flexibility index (Phi) is 6.56. The number of rotatable bonds is 1. The molecule has 39 heavy (non-hydrogen) atoms. The van der Waals surface area contributed by atoms with E-state index in [9.17, 15) is 0 Å². The third kappa shape index (κ3) is 4.15. The van der Waals surface area contributed by atoms with Gasteiger partial charge in [-0.2, -0.15) is 0 Å². The molecule has 2 aromatic heterocycles. The Bertz CT molecular complexity index is 1900. The maximum atomic E-state index is 4.68. The fourth-order valence-corrected chi connectivity index (χ4v) is 5.70. The van der Waals surface area contributed by atoms with Crippen molar-refractivity contribution in [3.63, 3.8) is 0 Å². The minimum Gasteiger partial charge on any atom is -0.304 e. The van der Waals surface area contributed by atoms with E-state index < -0.39 is 0 Å². The number of aromatic nitrogens is 2. The molecule has 0 aliphatic rings. The Hall–Kier alpha value is -4.17. The molecule has 0 aliphatic carbocycles. The Morgan fingerprint density at radius 3 is 1.97 bits per heavy atom. The number of benzene rings is 6. The van der Waals surface area contributed by atoms with Gasteiger partial charge in [0.25, 0.3) is 0 Å². The van der Waals surface area contributed by atoms with Gasteiger partial charge in [0.2, 0.25) is 0 Å². The number of fused-ring (bicyclic) bond motifs is 6. The standard InChI is InChI=1S/C23H12N.C13H12N.Ir/c1-2-7-15-14(6-1)16-8-3-10-18-19-12-5-13-24-23(19)20-11-4-9-17(15)22(20)21(16)18;1-10-5-3-7-12(9-10)13-11(2)6-4-8-14-13;/h1-10,12-13H;3-8H,1-2H3;/q2*-1;. The molecular formula is C36H24IrN2-2. The second-order valence-electron chi connectivity index (χ2n) is 9.73. The van der Waals surface area contributed by atoms with Gasteiger partial charge in [-0.05, 0) is 62.6 Å². The van der Waals surface area contributed by atoms with E-state index in [1.807, 2.05) is 55.7 Å². The van der Waals surface area contributed by atoms with Gasteiger partial charge in [-0.15, -0.1) is 59.0 Å². The van der Waals surface area contributed by atoms with E-state index in [2.05, 4.69) is 89.7 Å². The molecule has 8 aromatic rings. The molecule has 1 radical (unpaired) electrons. The number of hydrogen-bond donors (Lipinski definition) is 0. The zero-order chi connectivity index (χ0) is 25.6. The van der Waals surface area contributed by atoms with Crippen LogP contribution in [-0.2, 0) is 20.1 Å². The van der Waals surface area contributed by atoms with E-state index in [0.29, 0.717) is 0 Å². The van der Waals surface area contributed by atoms with Crippen molar-refractivity contribution < 1.29 is 20.1 Å². The number of aryl methyl sites for hydroxylation is 2. The van der Waals surface area contributed by atoms with Gasteiger partial charge in [-0.3, -0.25) is 0 Å². The molecule has 0 saturated carbocycles. The molecule has 0 unspecified atom stereocenters. The minimum atomic E-state index is 0. The molecule has 3 heteroatoms. The van der Waals surface area contributed by atoms with Crippen LogP contribution in [0.25, 0.3) is 65.3 Å². The predicted octanol–water partition coefficient (Wildman–Crippen LogP) is 9.25. The molecule has 0 saturated heterocycles. The molecule has 0 atom stereocenters. The summed E-state index contributed by atoms with van der Waals surface area (Å²) in [6, 6.07) is 40.6. The summed E-state index contributed by atoms with van der Waals surface area (Å²) in [6.45, 7) is 4.11. The monoisotopic (exact) mass is 677 g/mol. The van der Waals surface area contributed by atoms with Crippen LogP contribution in [0.15, 0.2) is 109 Å². The van der Waals surface area contributed by atoms with Crippen LogP contribution in [0.4, 0.5) is 0 Å². The summed E-state index contributed by atoms with van der Waals surface area (Å²) in [5, 5.41) is 11.4. The quantitative estimate of drug-likeness (QED) is 0.0985. The normalized spacial score (nSPS) is 11.1. The molecular weight excluding hydrogens is 653 g/mol. The smallest absolute Gasteiger partial charge is 0.0161 e. The van der Waals surface area contributed by atoms with Crippen LogP contribution in [0.5, 0.6) is 0 Å². The van der Waals surface area contributed by atoms with Crippen molar-refractivity contribution in [1.82, 2.24) is 9.97 Å². The third-order valence-corrected chi connectivity index (χ3v) is 7.36. The van der Waals surface area contributed by atoms with Crippen molar-refractivity contribution in [2.24, 2.45) is 0 Å². The molecule has 2 nitrogen and oxygen atoms in total. The summed E-state index contributed by atoms with van der Waals surface area (Å²) in [7, 11) is 0. The Morgan fingerprint density at radius 2 is 1.21 bits per heavy atom. The van der Waals surface area contributed by atoms with Crippen molar-refractivity contribution in [1.29, 1.82) is 0 Å². The van der Waals surface area contributed by atoms with Crippen LogP contribution in [0.1, 0.15) is 11.1 Å². The second-order valence-corrected chi connectivity index (χ2v) is 9.73. The van der Waals surface area contributed by atoms with E-state index in [0.717, 1.165) is 27.7 Å². The second kappa shape index (κ2) is 10.2. The van der Waals surface area contributed by atoms with Gasteiger partial charge in [-0.1, -0.05) is 77.9 Å². The first-order valence-electron chi connectivity index (χ1n) is 12.9. The van der Waals surface area contributed by atoms with Crippen molar-refractivity contribution in [3.8, 4) is 11.3 Å². The topological polar surface area (TPSA) is 25.8 Å². The molecule has 6 aromatic carbocycles. The largest absolute Gasteiger partial charge is 0.304 e. The first-order chi connectivity index (χ1) is 18.7. The van der Waals surface area contributed by atoms with E-state index in [1.165, 1.54) is 48.7 Å². The van der Waals surface area contributed by atoms with E-state index in [4.69, 9.17) is 0 Å². The fourth-order valence-electron chi connectivity index (χ4n) is 5.70. The molecule has 0 fully saturated rings. The SMILES string of the molecule is Cc1[c-]c(-c2ncccc2C)ccc1.[Ir].[c-]1ccc2c3ccccc3c3cccc4c5cccnc5c1c2c34. The zero-order valence-corrected chi connectivity index (χ0v) is 24.0. The van der Waals surface area contributed by atoms with Gasteiger partial charge in [0, 0.05) is 32.5 Å². The van der Waals surface area contributed by atoms with E-state index in [1.54, 1.807) is 0 Å². The molecule has 0 N–H and O–H groups in total. The predicted molar refractivity (Wildman–Crippen MR) is 160 cm³/mol. The first-order valence-corrected chi connectivity index (χ1v) is 12.9. The van der Waals surface area contributed by atoms with E-state index in [-0.39, 0.29) is 20.1 Å². The Labute approximate surface area is 241 Å². The maximum Gasteiger partial charge on any atom is 0.0161 e. The van der Waals surface area contributed by atoms with Gasteiger partial charge >= 0.3 is 0 Å². The van der Waals surface area contributed by atoms with E-state index >= 15 is 0 Å². The molecule has 0 bridgehead atoms. The summed E-state index contributed by atoms with van der Waals surface area (Å²) < 4.78 is 0. The molecule has 0 amide bonds. The van der Waals surface area contributed by atoms with Gasteiger partial charge in [0.15, 0.2) is 0 Å². The number of nitrogens with zero attached hydrogens (tertiary/aromatic N) is 2. The van der Waals surface area contributed by atoms with Crippen molar-refractivity contribution in [3.05, 3.63) is 133 Å². The third-order valence-electron chi connectivity index (χ3n) is 7.36. The zero-order valence-electron chi connectivity index (χ0n) is 21.6. The van der Waals surface area contributed by atoms with Crippen LogP contribution in [0.3, 0.4) is 0 Å². The summed E-state index contributed by atoms with van der Waals surface area (Å²) >= 11 is 0. The molecule has 189 valence electrons. The van der Waals surface area contributed by atoms with Crippen LogP contribution < -0.4 is 0 Å². The summed E-state index contributed by atoms with van der Waals surface area (Å²) in [6.07, 6.45) is 3.69. The summed E-state index contributed by atoms with van der Waals surface area (Å²) in [5.74, 6) is 0. The van der Waals surface area contributed by atoms with Gasteiger partial charge in [-0.25, -0.2) is 0 Å². The van der Waals surface area contributed by atoms with Gasteiger partial charge < -0.3 is 9.97 Å². The average Bonchev–Trinajstić information content (AvgIpc) is 2.97. The Balaban J connectivity index is 0.000000159. The molecule has 0 aliphatic heterocycles. The molecule has 2 heterocycles. The fraction of sp³-hybridized carbons (Fsp3) is 0.0556. The molecule has 0 spiro atoms. The van der Waals surface area contributed by atoms with Crippen LogP contribution in [0, 0.1) is 26.0 Å². The van der Waals surface area contributed by atoms with Crippen molar-refractivity contribution >= 4 is 54.0 Å². The maximum absolute atomic E-state index is 4.68. The van der Waals surface area contributed by atoms with Crippen LogP contribution >= 0.6 is 0 Å². The summed E-state index contributed by atoms with van der Waals surface area (Å²) in [4.78, 5) is 9.04. The Morgan fingerprint density at radius 1 is 0.564 bits per heavy atom. The van der Waals surface area contributed by atoms with Crippen LogP contribution in [-0.4, -0.2) is 9.97 Å². The van der Waals surface area contributed by atoms with Gasteiger partial charge in [0.05, 0.1) is 0 Å². The number of pyridine rings is 2.